The molecule has 3 rings (SSSR count). The van der Waals surface area contributed by atoms with E-state index in [1.54, 1.807) is 10.4 Å². The van der Waals surface area contributed by atoms with Crippen LogP contribution in [0.25, 0.3) is 0 Å². The van der Waals surface area contributed by atoms with Crippen molar-refractivity contribution in [1.82, 2.24) is 9.21 Å². The molecule has 0 aromatic heterocycles. The Morgan fingerprint density at radius 3 is 2.32 bits per heavy atom. The molecule has 0 amide bonds. The second-order valence-corrected chi connectivity index (χ2v) is 11.4. The van der Waals surface area contributed by atoms with Gasteiger partial charge in [-0.1, -0.05) is 49.9 Å². The number of hydrogen-bond donors (Lipinski definition) is 0. The molecule has 1 saturated carbocycles. The van der Waals surface area contributed by atoms with Crippen LogP contribution in [-0.4, -0.2) is 60.9 Å². The van der Waals surface area contributed by atoms with Gasteiger partial charge in [0, 0.05) is 48.7 Å². The van der Waals surface area contributed by atoms with E-state index in [0.717, 1.165) is 37.9 Å². The molecule has 0 spiro atoms. The number of ketones is 1. The van der Waals surface area contributed by atoms with Crippen LogP contribution in [0.2, 0.25) is 5.02 Å². The summed E-state index contributed by atoms with van der Waals surface area (Å²) in [5.74, 6) is 0.372. The first-order valence-electron chi connectivity index (χ1n) is 11.3. The number of halogens is 2. The van der Waals surface area contributed by atoms with Gasteiger partial charge in [0.25, 0.3) is 0 Å². The Bertz CT molecular complexity index is 846. The van der Waals surface area contributed by atoms with Gasteiger partial charge in [-0.05, 0) is 44.2 Å². The van der Waals surface area contributed by atoms with E-state index < -0.39 is 10.0 Å². The van der Waals surface area contributed by atoms with E-state index >= 15 is 0 Å². The molecule has 0 bridgehead atoms. The quantitative estimate of drug-likeness (QED) is 0.475. The number of sulfonamides is 1. The number of benzene rings is 1. The Hall–Kier alpha value is -0.660. The summed E-state index contributed by atoms with van der Waals surface area (Å²) in [6.07, 6.45) is 7.78. The molecule has 0 unspecified atom stereocenters. The van der Waals surface area contributed by atoms with Gasteiger partial charge in [0.05, 0.1) is 5.75 Å². The largest absolute Gasteiger partial charge is 0.295 e. The molecular formula is C23H36Cl2N2O3S. The highest BCUT2D eigenvalue weighted by Crippen LogP contribution is 2.38. The minimum absolute atomic E-state index is 0. The molecule has 1 aromatic carbocycles. The molecule has 176 valence electrons. The summed E-state index contributed by atoms with van der Waals surface area (Å²) < 4.78 is 26.5. The van der Waals surface area contributed by atoms with Crippen molar-refractivity contribution in [1.29, 1.82) is 0 Å². The second-order valence-electron chi connectivity index (χ2n) is 8.87. The Morgan fingerprint density at radius 2 is 1.74 bits per heavy atom. The lowest BCUT2D eigenvalue weighted by Crippen LogP contribution is -2.58. The summed E-state index contributed by atoms with van der Waals surface area (Å²) in [5, 5.41) is 0.637. The highest BCUT2D eigenvalue weighted by atomic mass is 35.5. The van der Waals surface area contributed by atoms with Crippen LogP contribution in [0.15, 0.2) is 18.2 Å². The number of carbonyl (C=O) groups excluding carboxylic acids is 1. The highest BCUT2D eigenvalue weighted by molar-refractivity contribution is 7.89. The third-order valence-corrected chi connectivity index (χ3v) is 9.34. The first kappa shape index (κ1) is 26.6. The third-order valence-electron chi connectivity index (χ3n) is 6.86. The number of hydrogen-bond acceptors (Lipinski definition) is 4. The molecule has 8 heteroatoms. The van der Waals surface area contributed by atoms with E-state index in [2.05, 4.69) is 4.90 Å². The Labute approximate surface area is 199 Å². The van der Waals surface area contributed by atoms with Crippen molar-refractivity contribution in [2.45, 2.75) is 70.8 Å². The zero-order chi connectivity index (χ0) is 21.8. The van der Waals surface area contributed by atoms with Crippen LogP contribution in [0.3, 0.4) is 0 Å². The Balaban J connectivity index is 0.00000341. The fourth-order valence-corrected chi connectivity index (χ4v) is 6.69. The van der Waals surface area contributed by atoms with Gasteiger partial charge < -0.3 is 0 Å². The van der Waals surface area contributed by atoms with Crippen LogP contribution in [0.1, 0.15) is 74.2 Å². The van der Waals surface area contributed by atoms with Gasteiger partial charge >= 0.3 is 0 Å². The normalized spacial score (nSPS) is 20.2. The van der Waals surface area contributed by atoms with Crippen LogP contribution in [0.5, 0.6) is 0 Å². The zero-order valence-corrected chi connectivity index (χ0v) is 21.1. The first-order chi connectivity index (χ1) is 14.3. The summed E-state index contributed by atoms with van der Waals surface area (Å²) in [4.78, 5) is 15.4. The number of carbonyl (C=O) groups is 1. The molecule has 1 saturated heterocycles. The maximum absolute atomic E-state index is 12.9. The average molecular weight is 492 g/mol. The molecule has 2 fully saturated rings. The molecule has 0 radical (unpaired) electrons. The maximum Gasteiger partial charge on any atom is 0.214 e. The number of rotatable bonds is 8. The van der Waals surface area contributed by atoms with Gasteiger partial charge in [-0.2, -0.15) is 4.31 Å². The van der Waals surface area contributed by atoms with Crippen molar-refractivity contribution >= 4 is 39.8 Å². The number of aryl methyl sites for hydroxylation is 1. The minimum Gasteiger partial charge on any atom is -0.295 e. The second kappa shape index (κ2) is 11.5. The summed E-state index contributed by atoms with van der Waals surface area (Å²) in [7, 11) is -3.14. The molecule has 31 heavy (non-hydrogen) atoms. The van der Waals surface area contributed by atoms with Gasteiger partial charge in [0.2, 0.25) is 10.0 Å². The van der Waals surface area contributed by atoms with E-state index in [1.807, 2.05) is 26.0 Å². The fraction of sp³-hybridized carbons (Fsp3) is 0.696. The molecule has 1 heterocycles. The Morgan fingerprint density at radius 1 is 1.10 bits per heavy atom. The van der Waals surface area contributed by atoms with Crippen molar-refractivity contribution in [2.24, 2.45) is 0 Å². The Kier molecular flexibility index (Phi) is 9.83. The van der Waals surface area contributed by atoms with Crippen molar-refractivity contribution in [3.63, 3.8) is 0 Å². The van der Waals surface area contributed by atoms with Crippen LogP contribution in [-0.2, 0) is 10.0 Å². The van der Waals surface area contributed by atoms with Gasteiger partial charge in [0.1, 0.15) is 0 Å². The molecule has 2 aliphatic rings. The summed E-state index contributed by atoms with van der Waals surface area (Å²) in [6, 6.07) is 5.56. The summed E-state index contributed by atoms with van der Waals surface area (Å²) in [6.45, 7) is 6.48. The lowest BCUT2D eigenvalue weighted by atomic mass is 9.76. The molecule has 1 aliphatic heterocycles. The van der Waals surface area contributed by atoms with E-state index in [4.69, 9.17) is 11.6 Å². The van der Waals surface area contributed by atoms with Crippen LogP contribution in [0, 0.1) is 6.92 Å². The van der Waals surface area contributed by atoms with E-state index in [1.165, 1.54) is 19.3 Å². The molecule has 0 atom stereocenters. The lowest BCUT2D eigenvalue weighted by Gasteiger charge is -2.50. The smallest absolute Gasteiger partial charge is 0.214 e. The monoisotopic (exact) mass is 490 g/mol. The van der Waals surface area contributed by atoms with Gasteiger partial charge in [-0.3, -0.25) is 9.69 Å². The van der Waals surface area contributed by atoms with Crippen molar-refractivity contribution in [3.05, 3.63) is 34.3 Å². The van der Waals surface area contributed by atoms with Crippen LogP contribution in [0.4, 0.5) is 0 Å². The van der Waals surface area contributed by atoms with Crippen molar-refractivity contribution < 1.29 is 13.2 Å². The molecule has 5 nitrogen and oxygen atoms in total. The predicted molar refractivity (Wildman–Crippen MR) is 130 cm³/mol. The highest BCUT2D eigenvalue weighted by Gasteiger charge is 2.40. The van der Waals surface area contributed by atoms with Gasteiger partial charge in [0.15, 0.2) is 5.78 Å². The molecular weight excluding hydrogens is 455 g/mol. The van der Waals surface area contributed by atoms with E-state index in [-0.39, 0.29) is 29.5 Å². The topological polar surface area (TPSA) is 57.7 Å². The average Bonchev–Trinajstić information content (AvgIpc) is 2.75. The molecule has 1 aliphatic carbocycles. The van der Waals surface area contributed by atoms with Crippen molar-refractivity contribution in [3.8, 4) is 0 Å². The number of piperazine rings is 1. The minimum atomic E-state index is -3.14. The fourth-order valence-electron chi connectivity index (χ4n) is 5.02. The van der Waals surface area contributed by atoms with E-state index in [0.29, 0.717) is 36.5 Å². The van der Waals surface area contributed by atoms with Crippen molar-refractivity contribution in [2.75, 3.05) is 31.9 Å². The summed E-state index contributed by atoms with van der Waals surface area (Å²) >= 11 is 6.21. The summed E-state index contributed by atoms with van der Waals surface area (Å²) in [5.41, 5.74) is 1.68. The standard InChI is InChI=1S/C23H35ClN2O3S.ClH/c1-3-17-30(28,29)26-15-13-25(14-16-26)23(10-5-4-6-11-23)12-9-22(27)20-8-7-19(2)21(24)18-20;/h7-8,18H,3-6,9-17H2,1-2H3;1H. The van der Waals surface area contributed by atoms with E-state index in [9.17, 15) is 13.2 Å². The number of Topliss-reactive ketones (excluding diaryl/α,β-unsaturated/α-hetero) is 1. The number of nitrogens with zero attached hydrogens (tertiary/aromatic N) is 2. The first-order valence-corrected chi connectivity index (χ1v) is 13.3. The maximum atomic E-state index is 12.9. The van der Waals surface area contributed by atoms with Crippen LogP contribution >= 0.6 is 24.0 Å². The predicted octanol–water partition coefficient (Wildman–Crippen LogP) is 5.09. The zero-order valence-electron chi connectivity index (χ0n) is 18.7. The SMILES string of the molecule is CCCS(=O)(=O)N1CCN(C2(CCC(=O)c3ccc(C)c(Cl)c3)CCCCC2)CC1.Cl. The lowest BCUT2D eigenvalue weighted by molar-refractivity contribution is 0.0165. The molecule has 0 N–H and O–H groups in total. The van der Waals surface area contributed by atoms with Crippen LogP contribution < -0.4 is 0 Å². The van der Waals surface area contributed by atoms with Gasteiger partial charge in [-0.15, -0.1) is 12.4 Å². The van der Waals surface area contributed by atoms with Gasteiger partial charge in [-0.25, -0.2) is 8.42 Å². The molecule has 1 aromatic rings. The third kappa shape index (κ3) is 6.44.